The molecule has 9 heteroatoms. The van der Waals surface area contributed by atoms with E-state index in [2.05, 4.69) is 64.1 Å². The van der Waals surface area contributed by atoms with Crippen LogP contribution in [0.25, 0.3) is 0 Å². The molecule has 0 saturated carbocycles. The first-order valence-corrected chi connectivity index (χ1v) is 24.4. The summed E-state index contributed by atoms with van der Waals surface area (Å²) in [6, 6.07) is 13.1. The third kappa shape index (κ3) is 25.5. The second-order valence-corrected chi connectivity index (χ2v) is 18.2. The topological polar surface area (TPSA) is 8.88 Å². The van der Waals surface area contributed by atoms with Crippen LogP contribution in [0.5, 0.6) is 0 Å². The normalized spacial score (nSPS) is 12.0. The SMILES string of the molecule is CCCCCCCCc1cccc([NH+]([S-])C(=S)[S-])c1CCCCCCCC.CCCCCCCCc1cccc([NH+]([S-])C(=S)[S-])c1CCCCCCCC.[Zn+2]. The maximum absolute atomic E-state index is 5.57. The number of hydrogen-bond acceptors (Lipinski definition) is 6. The van der Waals surface area contributed by atoms with Crippen LogP contribution in [0.15, 0.2) is 36.4 Å². The molecule has 2 unspecified atom stereocenters. The molecule has 0 aliphatic rings. The molecule has 0 fully saturated rings. The van der Waals surface area contributed by atoms with E-state index in [1.165, 1.54) is 176 Å². The van der Waals surface area contributed by atoms with Gasteiger partial charge in [-0.1, -0.05) is 180 Å². The van der Waals surface area contributed by atoms with Crippen LogP contribution in [-0.2, 0) is 96.0 Å². The maximum Gasteiger partial charge on any atom is 2.00 e. The summed E-state index contributed by atoms with van der Waals surface area (Å²) in [5, 5.41) is 0. The van der Waals surface area contributed by atoms with Gasteiger partial charge in [-0.05, 0) is 74.6 Å². The van der Waals surface area contributed by atoms with E-state index in [1.54, 1.807) is 0 Å². The Kier molecular flexibility index (Phi) is 37.5. The van der Waals surface area contributed by atoms with Gasteiger partial charge in [0.1, 0.15) is 11.4 Å². The molecule has 0 heterocycles. The molecular formula is C46H76N2S6Zn. The van der Waals surface area contributed by atoms with Crippen LogP contribution in [0.1, 0.15) is 204 Å². The van der Waals surface area contributed by atoms with Crippen LogP contribution in [0.2, 0.25) is 0 Å². The summed E-state index contributed by atoms with van der Waals surface area (Å²) < 4.78 is 2.27. The predicted octanol–water partition coefficient (Wildman–Crippen LogP) is 12.6. The summed E-state index contributed by atoms with van der Waals surface area (Å²) in [6.07, 6.45) is 36.3. The molecule has 308 valence electrons. The van der Waals surface area contributed by atoms with Crippen molar-refractivity contribution in [2.45, 2.75) is 207 Å². The fourth-order valence-electron chi connectivity index (χ4n) is 7.33. The van der Waals surface area contributed by atoms with Crippen molar-refractivity contribution in [2.24, 2.45) is 0 Å². The van der Waals surface area contributed by atoms with Crippen molar-refractivity contribution in [1.82, 2.24) is 0 Å². The van der Waals surface area contributed by atoms with Gasteiger partial charge in [0.25, 0.3) is 0 Å². The van der Waals surface area contributed by atoms with E-state index in [0.29, 0.717) is 17.3 Å². The maximum atomic E-state index is 5.57. The van der Waals surface area contributed by atoms with E-state index >= 15 is 0 Å². The minimum atomic E-state index is 0. The summed E-state index contributed by atoms with van der Waals surface area (Å²) in [5.74, 6) is 0. The molecule has 0 saturated heterocycles. The second kappa shape index (κ2) is 37.3. The van der Waals surface area contributed by atoms with Crippen LogP contribution in [0, 0.1) is 0 Å². The van der Waals surface area contributed by atoms with Gasteiger partial charge in [-0.2, -0.15) is 0 Å². The fourth-order valence-corrected chi connectivity index (χ4v) is 8.15. The number of aryl methyl sites for hydroxylation is 2. The molecule has 0 aliphatic heterocycles. The van der Waals surface area contributed by atoms with Crippen LogP contribution < -0.4 is 8.61 Å². The molecule has 2 aromatic carbocycles. The Morgan fingerprint density at radius 3 is 0.945 bits per heavy atom. The third-order valence-electron chi connectivity index (χ3n) is 10.6. The number of quaternary nitrogens is 2. The first-order valence-electron chi connectivity index (χ1n) is 22.0. The zero-order valence-electron chi connectivity index (χ0n) is 35.4. The summed E-state index contributed by atoms with van der Waals surface area (Å²) in [4.78, 5) is 0. The standard InChI is InChI=1S/2C23H39NS3.Zn/c2*1-3-5-7-9-11-13-16-20-17-15-19-22(24(27)23(25)26)21(20)18-14-12-10-8-6-4-2;/h2*15,17,19,24H,3-14,16,18H2,1-2H3,(H,25,26);/q;;+2/p-2. The first kappa shape index (κ1) is 55.3. The Morgan fingerprint density at radius 1 is 0.418 bits per heavy atom. The van der Waals surface area contributed by atoms with Gasteiger partial charge in [-0.3, -0.25) is 0 Å². The molecule has 2 N–H and O–H groups in total. The molecule has 0 bridgehead atoms. The minimum Gasteiger partial charge on any atom is -0.485 e. The fraction of sp³-hybridized carbons (Fsp3) is 0.696. The zero-order valence-corrected chi connectivity index (χ0v) is 43.3. The van der Waals surface area contributed by atoms with Crippen LogP contribution >= 0.6 is 24.4 Å². The Labute approximate surface area is 386 Å². The summed E-state index contributed by atoms with van der Waals surface area (Å²) in [7, 11) is 0. The van der Waals surface area contributed by atoms with Gasteiger partial charge in [-0.25, -0.2) is 0 Å². The number of nitrogens with one attached hydrogen (secondary N) is 2. The minimum absolute atomic E-state index is 0. The summed E-state index contributed by atoms with van der Waals surface area (Å²) in [6.45, 7) is 9.08. The Hall–Kier alpha value is 0.303. The van der Waals surface area contributed by atoms with Crippen molar-refractivity contribution in [2.75, 3.05) is 0 Å². The second-order valence-electron chi connectivity index (χ2n) is 15.2. The van der Waals surface area contributed by atoms with Gasteiger partial charge in [-0.15, -0.1) is 0 Å². The number of benzene rings is 2. The Morgan fingerprint density at radius 2 is 0.673 bits per heavy atom. The Bertz CT molecular complexity index is 1160. The molecule has 0 spiro atoms. The molecule has 2 nitrogen and oxygen atoms in total. The van der Waals surface area contributed by atoms with Crippen molar-refractivity contribution < 1.29 is 28.1 Å². The molecule has 0 amide bonds. The molecule has 0 radical (unpaired) electrons. The summed E-state index contributed by atoms with van der Waals surface area (Å²) in [5.41, 5.74) is 8.01. The molecule has 0 aromatic heterocycles. The quantitative estimate of drug-likeness (QED) is 0.0347. The average molecular weight is 915 g/mol. The van der Waals surface area contributed by atoms with E-state index in [0.717, 1.165) is 37.1 Å². The van der Waals surface area contributed by atoms with Crippen LogP contribution in [0.4, 0.5) is 11.4 Å². The van der Waals surface area contributed by atoms with Gasteiger partial charge in [0.05, 0.1) is 0 Å². The van der Waals surface area contributed by atoms with E-state index < -0.39 is 0 Å². The van der Waals surface area contributed by atoms with Gasteiger partial charge >= 0.3 is 19.5 Å². The van der Waals surface area contributed by atoms with Crippen LogP contribution in [0.3, 0.4) is 0 Å². The van der Waals surface area contributed by atoms with Gasteiger partial charge < -0.3 is 83.9 Å². The van der Waals surface area contributed by atoms with E-state index in [4.69, 9.17) is 75.3 Å². The molecule has 0 aliphatic carbocycles. The van der Waals surface area contributed by atoms with Crippen molar-refractivity contribution in [1.29, 1.82) is 0 Å². The molecule has 2 aromatic rings. The van der Waals surface area contributed by atoms with Gasteiger partial charge in [0.15, 0.2) is 0 Å². The monoisotopic (exact) mass is 912 g/mol. The summed E-state index contributed by atoms with van der Waals surface area (Å²) >= 11 is 32.0. The Balaban J connectivity index is 0.00000104. The number of rotatable bonds is 30. The predicted molar refractivity (Wildman–Crippen MR) is 257 cm³/mol. The van der Waals surface area contributed by atoms with Gasteiger partial charge in [0.2, 0.25) is 0 Å². The average Bonchev–Trinajstić information content (AvgIpc) is 3.17. The molecule has 55 heavy (non-hydrogen) atoms. The zero-order chi connectivity index (χ0) is 39.8. The molecule has 2 atom stereocenters. The number of unbranched alkanes of at least 4 members (excludes halogenated alkanes) is 20. The van der Waals surface area contributed by atoms with Crippen LogP contribution in [-0.4, -0.2) is 8.64 Å². The van der Waals surface area contributed by atoms with Crippen molar-refractivity contribution >= 4 is 95.3 Å². The smallest absolute Gasteiger partial charge is 0.485 e. The van der Waals surface area contributed by atoms with Crippen molar-refractivity contribution in [3.8, 4) is 0 Å². The van der Waals surface area contributed by atoms with E-state index in [-0.39, 0.29) is 19.5 Å². The molecular weight excluding hydrogens is 838 g/mol. The van der Waals surface area contributed by atoms with E-state index in [9.17, 15) is 0 Å². The number of hydrogen-bond donors (Lipinski definition) is 2. The largest absolute Gasteiger partial charge is 2.00 e. The first-order chi connectivity index (χ1) is 26.2. The third-order valence-corrected chi connectivity index (χ3v) is 12.7. The molecule has 2 rings (SSSR count). The van der Waals surface area contributed by atoms with Crippen molar-refractivity contribution in [3.05, 3.63) is 58.7 Å². The number of thiocarbonyl (C=S) groups is 2. The van der Waals surface area contributed by atoms with Gasteiger partial charge in [0, 0.05) is 19.8 Å². The van der Waals surface area contributed by atoms with Crippen molar-refractivity contribution in [3.63, 3.8) is 0 Å². The van der Waals surface area contributed by atoms with E-state index in [1.807, 2.05) is 0 Å².